The Morgan fingerprint density at radius 1 is 0.594 bits per heavy atom. The summed E-state index contributed by atoms with van der Waals surface area (Å²) in [5.74, 6) is 1.66. The van der Waals surface area contributed by atoms with Gasteiger partial charge in [-0.25, -0.2) is 4.21 Å². The molecule has 0 unspecified atom stereocenters. The van der Waals surface area contributed by atoms with Crippen LogP contribution in [0.15, 0.2) is 46.2 Å². The first-order valence-corrected chi connectivity index (χ1v) is 13.9. The molecule has 0 saturated carbocycles. The number of benzene rings is 2. The smallest absolute Gasteiger partial charge is 0.128 e. The zero-order valence-corrected chi connectivity index (χ0v) is 20.8. The van der Waals surface area contributed by atoms with Gasteiger partial charge in [-0.15, -0.1) is 0 Å². The average Bonchev–Trinajstić information content (AvgIpc) is 3.11. The highest BCUT2D eigenvalue weighted by Gasteiger charge is 2.31. The Kier molecular flexibility index (Phi) is 10.6. The lowest BCUT2D eigenvalue weighted by Gasteiger charge is -2.14. The van der Waals surface area contributed by atoms with Gasteiger partial charge < -0.3 is 9.47 Å². The van der Waals surface area contributed by atoms with Crippen LogP contribution in [0.1, 0.15) is 90.9 Å². The van der Waals surface area contributed by atoms with E-state index in [1.807, 2.05) is 36.4 Å². The molecular formula is C28H40O3S. The van der Waals surface area contributed by atoms with Crippen molar-refractivity contribution < 1.29 is 13.7 Å². The van der Waals surface area contributed by atoms with Crippen molar-refractivity contribution in [3.8, 4) is 22.6 Å². The first-order chi connectivity index (χ1) is 15.8. The summed E-state index contributed by atoms with van der Waals surface area (Å²) in [4.78, 5) is 1.69. The SMILES string of the molecule is CCCCCCCCOc1cccc2c1-c1c(OCCCCCCCC)cccc1S2=O. The molecule has 3 rings (SSSR count). The van der Waals surface area contributed by atoms with Gasteiger partial charge in [-0.05, 0) is 37.1 Å². The molecule has 0 radical (unpaired) electrons. The van der Waals surface area contributed by atoms with Crippen molar-refractivity contribution in [3.63, 3.8) is 0 Å². The predicted molar refractivity (Wildman–Crippen MR) is 134 cm³/mol. The van der Waals surface area contributed by atoms with E-state index in [9.17, 15) is 4.21 Å². The molecule has 0 N–H and O–H groups in total. The maximum absolute atomic E-state index is 13.1. The highest BCUT2D eigenvalue weighted by atomic mass is 32.2. The quantitative estimate of drug-likeness (QED) is 0.203. The van der Waals surface area contributed by atoms with Crippen LogP contribution in [0.2, 0.25) is 0 Å². The largest absolute Gasteiger partial charge is 0.493 e. The number of hydrogen-bond acceptors (Lipinski definition) is 3. The van der Waals surface area contributed by atoms with Gasteiger partial charge in [0.2, 0.25) is 0 Å². The summed E-state index contributed by atoms with van der Waals surface area (Å²) in [6.07, 6.45) is 14.8. The second kappa shape index (κ2) is 13.7. The first kappa shape index (κ1) is 24.8. The molecule has 0 aliphatic carbocycles. The van der Waals surface area contributed by atoms with E-state index in [1.54, 1.807) is 0 Å². The van der Waals surface area contributed by atoms with E-state index in [1.165, 1.54) is 64.2 Å². The molecule has 0 atom stereocenters. The standard InChI is InChI=1S/C28H40O3S/c1-3-5-7-9-11-13-21-30-23-17-15-19-25-27(23)28-24(18-16-20-26(28)32(25)29)31-22-14-12-10-8-6-4-2/h15-20H,3-14,21-22H2,1-2H3. The minimum absolute atomic E-state index is 0.700. The Morgan fingerprint density at radius 2 is 1.00 bits per heavy atom. The average molecular weight is 457 g/mol. The van der Waals surface area contributed by atoms with E-state index in [0.717, 1.165) is 45.3 Å². The molecule has 4 heteroatoms. The minimum atomic E-state index is -1.18. The molecule has 0 bridgehead atoms. The summed E-state index contributed by atoms with van der Waals surface area (Å²) in [6, 6.07) is 11.8. The summed E-state index contributed by atoms with van der Waals surface area (Å²) in [5.41, 5.74) is 1.93. The normalized spacial score (nSPS) is 12.6. The van der Waals surface area contributed by atoms with Gasteiger partial charge in [0.1, 0.15) is 11.5 Å². The van der Waals surface area contributed by atoms with Gasteiger partial charge in [0.25, 0.3) is 0 Å². The third-order valence-corrected chi connectivity index (χ3v) is 7.62. The van der Waals surface area contributed by atoms with Gasteiger partial charge in [0.15, 0.2) is 0 Å². The second-order valence-electron chi connectivity index (χ2n) is 8.76. The molecular weight excluding hydrogens is 416 g/mol. The fourth-order valence-corrected chi connectivity index (χ4v) is 5.73. The molecule has 0 amide bonds. The number of unbranched alkanes of at least 4 members (excludes halogenated alkanes) is 10. The highest BCUT2D eigenvalue weighted by Crippen LogP contribution is 2.50. The fraction of sp³-hybridized carbons (Fsp3) is 0.571. The van der Waals surface area contributed by atoms with Crippen LogP contribution in [0.25, 0.3) is 11.1 Å². The molecule has 2 aromatic carbocycles. The van der Waals surface area contributed by atoms with Crippen LogP contribution < -0.4 is 9.47 Å². The first-order valence-electron chi connectivity index (χ1n) is 12.7. The van der Waals surface area contributed by atoms with Crippen LogP contribution >= 0.6 is 0 Å². The summed E-state index contributed by atoms with van der Waals surface area (Å²) in [5, 5.41) is 0. The Bertz CT molecular complexity index is 792. The van der Waals surface area contributed by atoms with E-state index < -0.39 is 10.8 Å². The molecule has 2 aromatic rings. The molecule has 1 aliphatic rings. The van der Waals surface area contributed by atoms with Crippen molar-refractivity contribution in [1.82, 2.24) is 0 Å². The highest BCUT2D eigenvalue weighted by molar-refractivity contribution is 7.85. The van der Waals surface area contributed by atoms with Crippen LogP contribution in [0.5, 0.6) is 11.5 Å². The van der Waals surface area contributed by atoms with Crippen molar-refractivity contribution in [2.75, 3.05) is 13.2 Å². The van der Waals surface area contributed by atoms with Crippen LogP contribution in [-0.2, 0) is 10.8 Å². The molecule has 0 aromatic heterocycles. The number of ether oxygens (including phenoxy) is 2. The van der Waals surface area contributed by atoms with E-state index >= 15 is 0 Å². The van der Waals surface area contributed by atoms with Crippen molar-refractivity contribution in [3.05, 3.63) is 36.4 Å². The lowest BCUT2D eigenvalue weighted by atomic mass is 10.0. The van der Waals surface area contributed by atoms with Crippen molar-refractivity contribution in [1.29, 1.82) is 0 Å². The minimum Gasteiger partial charge on any atom is -0.493 e. The van der Waals surface area contributed by atoms with E-state index in [4.69, 9.17) is 9.47 Å². The van der Waals surface area contributed by atoms with Gasteiger partial charge in [-0.1, -0.05) is 90.2 Å². The molecule has 0 spiro atoms. The third kappa shape index (κ3) is 6.60. The maximum Gasteiger partial charge on any atom is 0.128 e. The Balaban J connectivity index is 1.64. The zero-order chi connectivity index (χ0) is 22.6. The van der Waals surface area contributed by atoms with Crippen molar-refractivity contribution in [2.45, 2.75) is 101 Å². The maximum atomic E-state index is 13.1. The molecule has 3 nitrogen and oxygen atoms in total. The van der Waals surface area contributed by atoms with E-state index in [2.05, 4.69) is 13.8 Å². The second-order valence-corrected chi connectivity index (χ2v) is 10.2. The van der Waals surface area contributed by atoms with Gasteiger partial charge in [0.05, 0.1) is 33.8 Å². The molecule has 176 valence electrons. The molecule has 1 aliphatic heterocycles. The van der Waals surface area contributed by atoms with E-state index in [0.29, 0.717) is 13.2 Å². The number of hydrogen-bond donors (Lipinski definition) is 0. The number of fused-ring (bicyclic) bond motifs is 3. The van der Waals surface area contributed by atoms with Crippen LogP contribution in [0.4, 0.5) is 0 Å². The summed E-state index contributed by atoms with van der Waals surface area (Å²) >= 11 is 0. The topological polar surface area (TPSA) is 35.5 Å². The number of rotatable bonds is 16. The van der Waals surface area contributed by atoms with Crippen molar-refractivity contribution in [2.24, 2.45) is 0 Å². The summed E-state index contributed by atoms with van der Waals surface area (Å²) in [7, 11) is -1.18. The fourth-order valence-electron chi connectivity index (χ4n) is 4.31. The zero-order valence-electron chi connectivity index (χ0n) is 20.0. The third-order valence-electron chi connectivity index (χ3n) is 6.14. The molecule has 0 fully saturated rings. The summed E-state index contributed by atoms with van der Waals surface area (Å²) in [6.45, 7) is 5.88. The van der Waals surface area contributed by atoms with Crippen LogP contribution in [0.3, 0.4) is 0 Å². The Morgan fingerprint density at radius 3 is 1.44 bits per heavy atom. The Labute approximate surface area is 197 Å². The molecule has 1 heterocycles. The van der Waals surface area contributed by atoms with Crippen molar-refractivity contribution >= 4 is 10.8 Å². The van der Waals surface area contributed by atoms with Crippen LogP contribution in [-0.4, -0.2) is 17.4 Å². The monoisotopic (exact) mass is 456 g/mol. The van der Waals surface area contributed by atoms with Crippen LogP contribution in [0, 0.1) is 0 Å². The lowest BCUT2D eigenvalue weighted by Crippen LogP contribution is -2.01. The van der Waals surface area contributed by atoms with Gasteiger partial charge in [-0.3, -0.25) is 0 Å². The van der Waals surface area contributed by atoms with Gasteiger partial charge >= 0.3 is 0 Å². The van der Waals surface area contributed by atoms with Gasteiger partial charge in [0, 0.05) is 11.1 Å². The summed E-state index contributed by atoms with van der Waals surface area (Å²) < 4.78 is 25.6. The molecule has 0 saturated heterocycles. The lowest BCUT2D eigenvalue weighted by molar-refractivity contribution is 0.300. The van der Waals surface area contributed by atoms with E-state index in [-0.39, 0.29) is 0 Å². The predicted octanol–water partition coefficient (Wildman–Crippen LogP) is 8.31. The van der Waals surface area contributed by atoms with Gasteiger partial charge in [-0.2, -0.15) is 0 Å². The molecule has 32 heavy (non-hydrogen) atoms. The Hall–Kier alpha value is -1.81.